The second-order valence-electron chi connectivity index (χ2n) is 6.47. The summed E-state index contributed by atoms with van der Waals surface area (Å²) >= 11 is 0. The van der Waals surface area contributed by atoms with Crippen LogP contribution in [0.5, 0.6) is 0 Å². The molecule has 2 heterocycles. The van der Waals surface area contributed by atoms with Crippen molar-refractivity contribution in [2.45, 2.75) is 13.0 Å². The number of amides is 2. The first kappa shape index (κ1) is 19.1. The van der Waals surface area contributed by atoms with E-state index >= 15 is 0 Å². The lowest BCUT2D eigenvalue weighted by atomic mass is 10.2. The van der Waals surface area contributed by atoms with Crippen LogP contribution in [-0.4, -0.2) is 112 Å². The number of ether oxygens (including phenoxy) is 2. The fraction of sp³-hybridized carbons (Fsp3) is 0.875. The van der Waals surface area contributed by atoms with E-state index in [1.807, 2.05) is 11.8 Å². The smallest absolute Gasteiger partial charge is 0.236 e. The van der Waals surface area contributed by atoms with Gasteiger partial charge in [0.25, 0.3) is 0 Å². The number of carbonyl (C=O) groups is 2. The standard InChI is InChI=1S/C16H30N4O4/c1-14(13-23-2)17-15(21)11-18-3-5-20(6-4-18)16(22)12-19-7-9-24-10-8-19/h14H,3-13H2,1-2H3,(H,17,21). The van der Waals surface area contributed by atoms with Gasteiger partial charge in [0.05, 0.1) is 32.9 Å². The van der Waals surface area contributed by atoms with E-state index in [2.05, 4.69) is 15.1 Å². The highest BCUT2D eigenvalue weighted by Crippen LogP contribution is 2.04. The quantitative estimate of drug-likeness (QED) is 0.614. The highest BCUT2D eigenvalue weighted by molar-refractivity contribution is 5.79. The van der Waals surface area contributed by atoms with Gasteiger partial charge in [-0.15, -0.1) is 0 Å². The van der Waals surface area contributed by atoms with Crippen molar-refractivity contribution in [1.29, 1.82) is 0 Å². The lowest BCUT2D eigenvalue weighted by Crippen LogP contribution is -2.54. The molecule has 0 aromatic carbocycles. The molecular weight excluding hydrogens is 312 g/mol. The maximum absolute atomic E-state index is 12.3. The second kappa shape index (κ2) is 9.93. The van der Waals surface area contributed by atoms with Gasteiger partial charge in [-0.3, -0.25) is 19.4 Å². The molecule has 0 aliphatic carbocycles. The molecule has 24 heavy (non-hydrogen) atoms. The zero-order valence-electron chi connectivity index (χ0n) is 14.8. The largest absolute Gasteiger partial charge is 0.383 e. The van der Waals surface area contributed by atoms with Crippen LogP contribution in [0.1, 0.15) is 6.92 Å². The molecule has 2 aliphatic heterocycles. The molecule has 2 saturated heterocycles. The zero-order valence-corrected chi connectivity index (χ0v) is 14.8. The molecule has 0 saturated carbocycles. The second-order valence-corrected chi connectivity index (χ2v) is 6.47. The first-order chi connectivity index (χ1) is 11.6. The molecule has 0 spiro atoms. The number of hydrogen-bond donors (Lipinski definition) is 1. The van der Waals surface area contributed by atoms with E-state index in [4.69, 9.17) is 9.47 Å². The summed E-state index contributed by atoms with van der Waals surface area (Å²) in [6, 6.07) is 0.0129. The summed E-state index contributed by atoms with van der Waals surface area (Å²) in [7, 11) is 1.62. The Morgan fingerprint density at radius 2 is 1.67 bits per heavy atom. The van der Waals surface area contributed by atoms with Crippen molar-refractivity contribution in [3.8, 4) is 0 Å². The molecule has 2 fully saturated rings. The fourth-order valence-electron chi connectivity index (χ4n) is 3.02. The summed E-state index contributed by atoms with van der Waals surface area (Å²) in [5, 5.41) is 2.91. The molecule has 2 amide bonds. The van der Waals surface area contributed by atoms with Crippen molar-refractivity contribution in [2.75, 3.05) is 79.3 Å². The topological polar surface area (TPSA) is 74.4 Å². The third-order valence-electron chi connectivity index (χ3n) is 4.38. The lowest BCUT2D eigenvalue weighted by Gasteiger charge is -2.36. The molecule has 0 bridgehead atoms. The van der Waals surface area contributed by atoms with E-state index in [9.17, 15) is 9.59 Å². The van der Waals surface area contributed by atoms with Crippen molar-refractivity contribution in [2.24, 2.45) is 0 Å². The third kappa shape index (κ3) is 6.35. The highest BCUT2D eigenvalue weighted by atomic mass is 16.5. The zero-order chi connectivity index (χ0) is 17.4. The summed E-state index contributed by atoms with van der Waals surface area (Å²) in [4.78, 5) is 30.4. The summed E-state index contributed by atoms with van der Waals surface area (Å²) in [5.74, 6) is 0.183. The first-order valence-electron chi connectivity index (χ1n) is 8.67. The molecule has 1 unspecified atom stereocenters. The van der Waals surface area contributed by atoms with Crippen molar-refractivity contribution >= 4 is 11.8 Å². The minimum Gasteiger partial charge on any atom is -0.383 e. The van der Waals surface area contributed by atoms with Gasteiger partial charge in [-0.05, 0) is 6.92 Å². The molecule has 1 N–H and O–H groups in total. The highest BCUT2D eigenvalue weighted by Gasteiger charge is 2.24. The van der Waals surface area contributed by atoms with E-state index in [1.165, 1.54) is 0 Å². The van der Waals surface area contributed by atoms with Gasteiger partial charge in [0.15, 0.2) is 0 Å². The Morgan fingerprint density at radius 3 is 2.29 bits per heavy atom. The molecule has 8 heteroatoms. The minimum atomic E-state index is 0.00708. The number of morpholine rings is 1. The van der Waals surface area contributed by atoms with Crippen molar-refractivity contribution in [3.63, 3.8) is 0 Å². The van der Waals surface area contributed by atoms with E-state index in [0.717, 1.165) is 26.2 Å². The Bertz CT molecular complexity index is 407. The maximum Gasteiger partial charge on any atom is 0.236 e. The van der Waals surface area contributed by atoms with Crippen molar-refractivity contribution in [3.05, 3.63) is 0 Å². The SMILES string of the molecule is COCC(C)NC(=O)CN1CCN(C(=O)CN2CCOCC2)CC1. The van der Waals surface area contributed by atoms with E-state index in [1.54, 1.807) is 7.11 Å². The number of nitrogens with one attached hydrogen (secondary N) is 1. The molecule has 2 aliphatic rings. The Morgan fingerprint density at radius 1 is 1.04 bits per heavy atom. The maximum atomic E-state index is 12.3. The van der Waals surface area contributed by atoms with E-state index in [0.29, 0.717) is 46.0 Å². The number of rotatable bonds is 7. The Balaban J connectivity index is 1.65. The van der Waals surface area contributed by atoms with Crippen LogP contribution in [-0.2, 0) is 19.1 Å². The number of nitrogens with zero attached hydrogens (tertiary/aromatic N) is 3. The molecule has 8 nitrogen and oxygen atoms in total. The molecule has 138 valence electrons. The average molecular weight is 342 g/mol. The van der Waals surface area contributed by atoms with Crippen LogP contribution in [0.4, 0.5) is 0 Å². The number of piperazine rings is 1. The molecule has 0 aromatic rings. The molecule has 1 atom stereocenters. The number of carbonyl (C=O) groups excluding carboxylic acids is 2. The summed E-state index contributed by atoms with van der Waals surface area (Å²) < 4.78 is 10.3. The Kier molecular flexibility index (Phi) is 7.90. The Hall–Kier alpha value is -1.22. The van der Waals surface area contributed by atoms with Gasteiger partial charge in [0.1, 0.15) is 0 Å². The van der Waals surface area contributed by atoms with Crippen LogP contribution in [0.25, 0.3) is 0 Å². The summed E-state index contributed by atoms with van der Waals surface area (Å²) in [6.07, 6.45) is 0. The minimum absolute atomic E-state index is 0.00708. The first-order valence-corrected chi connectivity index (χ1v) is 8.67. The van der Waals surface area contributed by atoms with Crippen LogP contribution in [0, 0.1) is 0 Å². The van der Waals surface area contributed by atoms with Gasteiger partial charge in [0, 0.05) is 52.4 Å². The molecule has 0 aromatic heterocycles. The third-order valence-corrected chi connectivity index (χ3v) is 4.38. The van der Waals surface area contributed by atoms with Crippen LogP contribution in [0.3, 0.4) is 0 Å². The number of hydrogen-bond acceptors (Lipinski definition) is 6. The van der Waals surface area contributed by atoms with Crippen LogP contribution < -0.4 is 5.32 Å². The number of methoxy groups -OCH3 is 1. The van der Waals surface area contributed by atoms with Crippen LogP contribution in [0.15, 0.2) is 0 Å². The van der Waals surface area contributed by atoms with Crippen molar-refractivity contribution in [1.82, 2.24) is 20.0 Å². The van der Waals surface area contributed by atoms with Gasteiger partial charge in [-0.1, -0.05) is 0 Å². The van der Waals surface area contributed by atoms with Crippen LogP contribution >= 0.6 is 0 Å². The van der Waals surface area contributed by atoms with E-state index < -0.39 is 0 Å². The van der Waals surface area contributed by atoms with Crippen molar-refractivity contribution < 1.29 is 19.1 Å². The normalized spacial score (nSPS) is 21.5. The Labute approximate surface area is 144 Å². The average Bonchev–Trinajstić information content (AvgIpc) is 2.56. The summed E-state index contributed by atoms with van der Waals surface area (Å²) in [6.45, 7) is 9.18. The molecule has 0 radical (unpaired) electrons. The molecule has 2 rings (SSSR count). The molecular formula is C16H30N4O4. The van der Waals surface area contributed by atoms with Gasteiger partial charge < -0.3 is 19.7 Å². The van der Waals surface area contributed by atoms with E-state index in [-0.39, 0.29) is 17.9 Å². The predicted octanol–water partition coefficient (Wildman–Crippen LogP) is -1.39. The monoisotopic (exact) mass is 342 g/mol. The summed E-state index contributed by atoms with van der Waals surface area (Å²) in [5.41, 5.74) is 0. The van der Waals surface area contributed by atoms with Crippen LogP contribution in [0.2, 0.25) is 0 Å². The lowest BCUT2D eigenvalue weighted by molar-refractivity contribution is -0.135. The van der Waals surface area contributed by atoms with Gasteiger partial charge in [0.2, 0.25) is 11.8 Å². The van der Waals surface area contributed by atoms with Gasteiger partial charge in [-0.25, -0.2) is 0 Å². The fourth-order valence-corrected chi connectivity index (χ4v) is 3.02. The van der Waals surface area contributed by atoms with Gasteiger partial charge >= 0.3 is 0 Å². The van der Waals surface area contributed by atoms with Gasteiger partial charge in [-0.2, -0.15) is 0 Å². The predicted molar refractivity (Wildman–Crippen MR) is 89.8 cm³/mol.